The quantitative estimate of drug-likeness (QED) is 0.238. The molecule has 11 heteroatoms. The summed E-state index contributed by atoms with van der Waals surface area (Å²) in [4.78, 5) is 22.1. The molecule has 3 aromatic rings. The molecule has 0 unspecified atom stereocenters. The largest absolute Gasteiger partial charge is 0.325 e. The van der Waals surface area contributed by atoms with E-state index in [-0.39, 0.29) is 17.3 Å². The first-order valence-corrected chi connectivity index (χ1v) is 12.0. The van der Waals surface area contributed by atoms with Gasteiger partial charge in [-0.25, -0.2) is 0 Å². The summed E-state index contributed by atoms with van der Waals surface area (Å²) < 4.78 is 14.8. The predicted octanol–water partition coefficient (Wildman–Crippen LogP) is 5.73. The van der Waals surface area contributed by atoms with Crippen molar-refractivity contribution in [1.29, 1.82) is 0 Å². The van der Waals surface area contributed by atoms with E-state index >= 15 is 0 Å². The Kier molecular flexibility index (Phi) is 7.99. The van der Waals surface area contributed by atoms with Crippen LogP contribution in [0.4, 0.5) is 15.8 Å². The van der Waals surface area contributed by atoms with Crippen LogP contribution < -0.4 is 5.32 Å². The zero-order chi connectivity index (χ0) is 22.4. The van der Waals surface area contributed by atoms with Crippen molar-refractivity contribution in [1.82, 2.24) is 10.2 Å². The number of carbonyl (C=O) groups excluding carboxylic acids is 1. The summed E-state index contributed by atoms with van der Waals surface area (Å²) in [7, 11) is 0. The van der Waals surface area contributed by atoms with Crippen LogP contribution in [-0.2, 0) is 10.5 Å². The van der Waals surface area contributed by atoms with Crippen molar-refractivity contribution >= 4 is 52.1 Å². The molecule has 162 valence electrons. The first-order chi connectivity index (χ1) is 14.8. The fourth-order valence-electron chi connectivity index (χ4n) is 2.51. The van der Waals surface area contributed by atoms with E-state index in [1.54, 1.807) is 11.8 Å². The molecule has 7 nitrogen and oxygen atoms in total. The van der Waals surface area contributed by atoms with Crippen molar-refractivity contribution in [2.24, 2.45) is 0 Å². The van der Waals surface area contributed by atoms with Gasteiger partial charge in [0.25, 0.3) is 0 Å². The highest BCUT2D eigenvalue weighted by molar-refractivity contribution is 8.03. The number of amides is 1. The zero-order valence-corrected chi connectivity index (χ0v) is 19.2. The maximum Gasteiger partial charge on any atom is 0.306 e. The van der Waals surface area contributed by atoms with E-state index in [4.69, 9.17) is 0 Å². The summed E-state index contributed by atoms with van der Waals surface area (Å²) in [5, 5.41) is 21.5. The number of nitro groups is 1. The number of anilines is 1. The van der Waals surface area contributed by atoms with E-state index in [0.717, 1.165) is 22.2 Å². The average molecular weight is 479 g/mol. The van der Waals surface area contributed by atoms with Crippen LogP contribution in [0.3, 0.4) is 0 Å². The fourth-order valence-corrected chi connectivity index (χ4v) is 5.29. The van der Waals surface area contributed by atoms with Gasteiger partial charge in [0, 0.05) is 17.5 Å². The number of rotatable bonds is 9. The van der Waals surface area contributed by atoms with E-state index in [0.29, 0.717) is 10.3 Å². The van der Waals surface area contributed by atoms with Crippen LogP contribution in [0.5, 0.6) is 0 Å². The summed E-state index contributed by atoms with van der Waals surface area (Å²) in [6, 6.07) is 11.7. The van der Waals surface area contributed by atoms with Crippen molar-refractivity contribution < 1.29 is 14.1 Å². The van der Waals surface area contributed by atoms with Gasteiger partial charge in [-0.3, -0.25) is 14.9 Å². The minimum absolute atomic E-state index is 0.0567. The molecule has 0 fully saturated rings. The molecular formula is C20H19FN4O3S3. The second-order valence-corrected chi connectivity index (χ2v) is 10.2. The van der Waals surface area contributed by atoms with Gasteiger partial charge in [-0.1, -0.05) is 73.0 Å². The zero-order valence-electron chi connectivity index (χ0n) is 16.7. The van der Waals surface area contributed by atoms with E-state index in [1.165, 1.54) is 40.3 Å². The number of benzene rings is 2. The highest BCUT2D eigenvalue weighted by Gasteiger charge is 2.16. The standard InChI is InChI=1S/C20H19FN4O3S3/c1-12(2)14-5-3-13(4-6-14)10-29-19-23-24-20(31-19)30-11-18(26)22-15-7-8-16(21)17(9-15)25(27)28/h3-9,12H,10-11H2,1-2H3,(H,22,26). The van der Waals surface area contributed by atoms with Gasteiger partial charge in [0.05, 0.1) is 10.7 Å². The number of carbonyl (C=O) groups is 1. The smallest absolute Gasteiger partial charge is 0.306 e. The van der Waals surface area contributed by atoms with Crippen LogP contribution >= 0.6 is 34.9 Å². The molecule has 1 amide bonds. The molecule has 0 aliphatic carbocycles. The van der Waals surface area contributed by atoms with Gasteiger partial charge in [0.1, 0.15) is 0 Å². The second-order valence-electron chi connectivity index (χ2n) is 6.78. The third kappa shape index (κ3) is 6.74. The van der Waals surface area contributed by atoms with Crippen molar-refractivity contribution in [2.45, 2.75) is 34.2 Å². The van der Waals surface area contributed by atoms with E-state index in [2.05, 4.69) is 53.6 Å². The van der Waals surface area contributed by atoms with Crippen LogP contribution in [0.1, 0.15) is 30.9 Å². The topological polar surface area (TPSA) is 98.0 Å². The first kappa shape index (κ1) is 23.2. The number of hydrogen-bond acceptors (Lipinski definition) is 8. The number of hydrogen-bond donors (Lipinski definition) is 1. The lowest BCUT2D eigenvalue weighted by Gasteiger charge is -2.06. The molecule has 0 aliphatic rings. The maximum atomic E-state index is 13.4. The molecule has 0 radical (unpaired) electrons. The second kappa shape index (κ2) is 10.7. The average Bonchev–Trinajstić information content (AvgIpc) is 3.20. The van der Waals surface area contributed by atoms with Gasteiger partial charge in [-0.05, 0) is 29.2 Å². The molecular weight excluding hydrogens is 459 g/mol. The molecule has 31 heavy (non-hydrogen) atoms. The summed E-state index contributed by atoms with van der Waals surface area (Å²) in [6.07, 6.45) is 0. The van der Waals surface area contributed by atoms with Crippen molar-refractivity contribution in [3.05, 3.63) is 69.5 Å². The molecule has 1 aromatic heterocycles. The van der Waals surface area contributed by atoms with E-state index in [9.17, 15) is 19.3 Å². The highest BCUT2D eigenvalue weighted by atomic mass is 32.2. The van der Waals surface area contributed by atoms with E-state index in [1.807, 2.05) is 0 Å². The van der Waals surface area contributed by atoms with E-state index < -0.39 is 16.4 Å². The predicted molar refractivity (Wildman–Crippen MR) is 122 cm³/mol. The summed E-state index contributed by atoms with van der Waals surface area (Å²) >= 11 is 4.21. The van der Waals surface area contributed by atoms with Crippen molar-refractivity contribution in [3.63, 3.8) is 0 Å². The minimum Gasteiger partial charge on any atom is -0.325 e. The van der Waals surface area contributed by atoms with Crippen LogP contribution in [-0.4, -0.2) is 26.8 Å². The monoisotopic (exact) mass is 478 g/mol. The van der Waals surface area contributed by atoms with Gasteiger partial charge in [-0.15, -0.1) is 10.2 Å². The molecule has 0 saturated heterocycles. The Morgan fingerprint density at radius 1 is 1.16 bits per heavy atom. The van der Waals surface area contributed by atoms with Crippen LogP contribution in [0.25, 0.3) is 0 Å². The Morgan fingerprint density at radius 3 is 2.48 bits per heavy atom. The third-order valence-corrected chi connectivity index (χ3v) is 7.41. The Morgan fingerprint density at radius 2 is 1.84 bits per heavy atom. The summed E-state index contributed by atoms with van der Waals surface area (Å²) in [6.45, 7) is 4.32. The first-order valence-electron chi connectivity index (χ1n) is 9.23. The molecule has 1 heterocycles. The van der Waals surface area contributed by atoms with Gasteiger partial charge in [-0.2, -0.15) is 4.39 Å². The highest BCUT2D eigenvalue weighted by Crippen LogP contribution is 2.31. The maximum absolute atomic E-state index is 13.4. The molecule has 2 aromatic carbocycles. The van der Waals surface area contributed by atoms with Gasteiger partial charge < -0.3 is 5.32 Å². The Hall–Kier alpha value is -2.50. The number of halogens is 1. The lowest BCUT2D eigenvalue weighted by Crippen LogP contribution is -2.14. The Labute approximate surface area is 191 Å². The van der Waals surface area contributed by atoms with Gasteiger partial charge in [0.2, 0.25) is 11.7 Å². The summed E-state index contributed by atoms with van der Waals surface area (Å²) in [5.74, 6) is 0.00957. The number of nitrogens with zero attached hydrogens (tertiary/aromatic N) is 3. The molecule has 0 spiro atoms. The van der Waals surface area contributed by atoms with Crippen molar-refractivity contribution in [3.8, 4) is 0 Å². The molecule has 0 bridgehead atoms. The van der Waals surface area contributed by atoms with Crippen LogP contribution in [0.2, 0.25) is 0 Å². The lowest BCUT2D eigenvalue weighted by atomic mass is 10.0. The minimum atomic E-state index is -0.952. The van der Waals surface area contributed by atoms with Gasteiger partial charge in [0.15, 0.2) is 8.68 Å². The molecule has 0 aliphatic heterocycles. The molecule has 0 atom stereocenters. The lowest BCUT2D eigenvalue weighted by molar-refractivity contribution is -0.387. The fraction of sp³-hybridized carbons (Fsp3) is 0.250. The SMILES string of the molecule is CC(C)c1ccc(CSc2nnc(SCC(=O)Nc3ccc(F)c([N+](=O)[O-])c3)s2)cc1. The number of aromatic nitrogens is 2. The molecule has 0 saturated carbocycles. The summed E-state index contributed by atoms with van der Waals surface area (Å²) in [5.41, 5.74) is 1.98. The van der Waals surface area contributed by atoms with Crippen LogP contribution in [0.15, 0.2) is 51.1 Å². The molecule has 3 rings (SSSR count). The Bertz CT molecular complexity index is 1070. The van der Waals surface area contributed by atoms with Crippen LogP contribution in [0, 0.1) is 15.9 Å². The Balaban J connectivity index is 1.48. The number of nitro benzene ring substituents is 1. The number of nitrogens with one attached hydrogen (secondary N) is 1. The third-order valence-electron chi connectivity index (χ3n) is 4.15. The molecule has 1 N–H and O–H groups in total. The van der Waals surface area contributed by atoms with Crippen molar-refractivity contribution in [2.75, 3.05) is 11.1 Å². The van der Waals surface area contributed by atoms with Gasteiger partial charge >= 0.3 is 5.69 Å². The number of thioether (sulfide) groups is 2. The normalized spacial score (nSPS) is 11.0.